The number of carbonyl (C=O) groups excluding carboxylic acids is 1. The molecule has 0 aromatic carbocycles. The van der Waals surface area contributed by atoms with Crippen LogP contribution < -0.4 is 0 Å². The Kier molecular flexibility index (Phi) is 4.99. The van der Waals surface area contributed by atoms with Gasteiger partial charge in [-0.25, -0.2) is 0 Å². The van der Waals surface area contributed by atoms with Crippen LogP contribution in [0.4, 0.5) is 0 Å². The summed E-state index contributed by atoms with van der Waals surface area (Å²) in [5.74, 6) is 0. The molecule has 0 aliphatic heterocycles. The van der Waals surface area contributed by atoms with Crippen LogP contribution >= 0.6 is 0 Å². The van der Waals surface area contributed by atoms with Crippen LogP contribution in [-0.4, -0.2) is 23.9 Å². The maximum Gasteiger partial charge on any atom is 0.312 e. The molecule has 0 aliphatic rings. The smallest absolute Gasteiger partial charge is 0.312 e. The minimum Gasteiger partial charge on any atom is -0.332 e. The standard InChI is InChI=1S/C8H16NO/c1-4-6-8(3)9(5-2)7-10/h8H,4-6H2,1-3H3. The first-order valence-corrected chi connectivity index (χ1v) is 3.90. The molecule has 0 aliphatic carbocycles. The highest BCUT2D eigenvalue weighted by atomic mass is 16.1. The number of rotatable bonds is 5. The van der Waals surface area contributed by atoms with E-state index in [0.29, 0.717) is 6.04 Å². The number of amides is 1. The van der Waals surface area contributed by atoms with Crippen LogP contribution in [0.2, 0.25) is 0 Å². The molecule has 0 bridgehead atoms. The Labute approximate surface area is 63.2 Å². The Morgan fingerprint density at radius 1 is 1.50 bits per heavy atom. The van der Waals surface area contributed by atoms with Gasteiger partial charge in [0.05, 0.1) is 0 Å². The van der Waals surface area contributed by atoms with Crippen LogP contribution in [0.1, 0.15) is 33.6 Å². The van der Waals surface area contributed by atoms with Crippen molar-refractivity contribution in [2.75, 3.05) is 6.54 Å². The van der Waals surface area contributed by atoms with Gasteiger partial charge in [0.2, 0.25) is 0 Å². The van der Waals surface area contributed by atoms with E-state index in [1.807, 2.05) is 13.3 Å². The minimum absolute atomic E-state index is 0.354. The highest BCUT2D eigenvalue weighted by Gasteiger charge is 2.07. The molecule has 1 radical (unpaired) electrons. The van der Waals surface area contributed by atoms with Crippen molar-refractivity contribution < 1.29 is 4.79 Å². The van der Waals surface area contributed by atoms with E-state index < -0.39 is 0 Å². The third-order valence-corrected chi connectivity index (χ3v) is 1.70. The van der Waals surface area contributed by atoms with Gasteiger partial charge in [-0.3, -0.25) is 4.79 Å². The molecule has 0 saturated carbocycles. The molecule has 1 atom stereocenters. The van der Waals surface area contributed by atoms with Crippen molar-refractivity contribution in [3.8, 4) is 0 Å². The zero-order chi connectivity index (χ0) is 7.98. The van der Waals surface area contributed by atoms with Crippen LogP contribution in [-0.2, 0) is 4.79 Å². The van der Waals surface area contributed by atoms with Gasteiger partial charge < -0.3 is 4.90 Å². The average Bonchev–Trinajstić information content (AvgIpc) is 1.91. The molecule has 1 amide bonds. The number of nitrogens with zero attached hydrogens (tertiary/aromatic N) is 1. The Morgan fingerprint density at radius 2 is 2.10 bits per heavy atom. The largest absolute Gasteiger partial charge is 0.332 e. The molecule has 0 aromatic rings. The summed E-state index contributed by atoms with van der Waals surface area (Å²) >= 11 is 0. The molecule has 2 nitrogen and oxygen atoms in total. The highest BCUT2D eigenvalue weighted by molar-refractivity contribution is 5.48. The first-order valence-electron chi connectivity index (χ1n) is 3.90. The van der Waals surface area contributed by atoms with E-state index in [1.54, 1.807) is 4.90 Å². The van der Waals surface area contributed by atoms with E-state index in [1.165, 1.54) is 0 Å². The molecule has 59 valence electrons. The van der Waals surface area contributed by atoms with E-state index in [2.05, 4.69) is 13.8 Å². The van der Waals surface area contributed by atoms with Crippen LogP contribution in [0, 0.1) is 0 Å². The third-order valence-electron chi connectivity index (χ3n) is 1.70. The number of hydrogen-bond acceptors (Lipinski definition) is 1. The van der Waals surface area contributed by atoms with Gasteiger partial charge in [-0.05, 0) is 20.3 Å². The van der Waals surface area contributed by atoms with Crippen molar-refractivity contribution in [2.24, 2.45) is 0 Å². The van der Waals surface area contributed by atoms with Crippen LogP contribution in [0.5, 0.6) is 0 Å². The fourth-order valence-electron chi connectivity index (χ4n) is 1.04. The van der Waals surface area contributed by atoms with E-state index in [-0.39, 0.29) is 0 Å². The number of hydrogen-bond donors (Lipinski definition) is 0. The fourth-order valence-corrected chi connectivity index (χ4v) is 1.04. The maximum atomic E-state index is 10.3. The molecule has 2 heteroatoms. The second kappa shape index (κ2) is 5.27. The molecular formula is C8H16NO. The molecule has 0 fully saturated rings. The Bertz CT molecular complexity index is 93.3. The van der Waals surface area contributed by atoms with Gasteiger partial charge in [0.15, 0.2) is 0 Å². The van der Waals surface area contributed by atoms with Gasteiger partial charge in [-0.1, -0.05) is 13.3 Å². The van der Waals surface area contributed by atoms with E-state index in [9.17, 15) is 4.79 Å². The molecule has 0 rings (SSSR count). The predicted molar refractivity (Wildman–Crippen MR) is 42.4 cm³/mol. The van der Waals surface area contributed by atoms with Crippen LogP contribution in [0.25, 0.3) is 0 Å². The molecule has 10 heavy (non-hydrogen) atoms. The van der Waals surface area contributed by atoms with Crippen molar-refractivity contribution in [3.63, 3.8) is 0 Å². The molecule has 0 spiro atoms. The molecule has 0 saturated heterocycles. The summed E-state index contributed by atoms with van der Waals surface area (Å²) in [6.45, 7) is 6.91. The monoisotopic (exact) mass is 142 g/mol. The van der Waals surface area contributed by atoms with E-state index in [4.69, 9.17) is 0 Å². The lowest BCUT2D eigenvalue weighted by atomic mass is 10.2. The second-order valence-corrected chi connectivity index (χ2v) is 2.51. The normalized spacial score (nSPS) is 12.7. The SMILES string of the molecule is CCCC(C)N([C]=O)CC. The van der Waals surface area contributed by atoms with Gasteiger partial charge in [0.25, 0.3) is 0 Å². The first-order chi connectivity index (χ1) is 4.76. The average molecular weight is 142 g/mol. The Hall–Kier alpha value is -0.530. The lowest BCUT2D eigenvalue weighted by Gasteiger charge is -2.21. The molecule has 0 aromatic heterocycles. The quantitative estimate of drug-likeness (QED) is 0.533. The summed E-state index contributed by atoms with van der Waals surface area (Å²) in [5.41, 5.74) is 0. The summed E-state index contributed by atoms with van der Waals surface area (Å²) in [7, 11) is 0. The van der Waals surface area contributed by atoms with Crippen molar-refractivity contribution in [1.29, 1.82) is 0 Å². The van der Waals surface area contributed by atoms with Crippen molar-refractivity contribution in [2.45, 2.75) is 39.7 Å². The van der Waals surface area contributed by atoms with Gasteiger partial charge >= 0.3 is 6.41 Å². The third kappa shape index (κ3) is 2.85. The van der Waals surface area contributed by atoms with Crippen LogP contribution in [0.15, 0.2) is 0 Å². The molecule has 0 N–H and O–H groups in total. The van der Waals surface area contributed by atoms with Crippen molar-refractivity contribution in [1.82, 2.24) is 4.90 Å². The molecule has 1 unspecified atom stereocenters. The van der Waals surface area contributed by atoms with Gasteiger partial charge in [0.1, 0.15) is 0 Å². The van der Waals surface area contributed by atoms with Gasteiger partial charge in [-0.2, -0.15) is 0 Å². The van der Waals surface area contributed by atoms with E-state index >= 15 is 0 Å². The lowest BCUT2D eigenvalue weighted by Crippen LogP contribution is -2.31. The van der Waals surface area contributed by atoms with Gasteiger partial charge in [0, 0.05) is 12.6 Å². The maximum absolute atomic E-state index is 10.3. The highest BCUT2D eigenvalue weighted by Crippen LogP contribution is 2.02. The van der Waals surface area contributed by atoms with Gasteiger partial charge in [-0.15, -0.1) is 0 Å². The van der Waals surface area contributed by atoms with Crippen molar-refractivity contribution >= 4 is 6.41 Å². The summed E-state index contributed by atoms with van der Waals surface area (Å²) in [5, 5.41) is 0. The van der Waals surface area contributed by atoms with Crippen molar-refractivity contribution in [3.05, 3.63) is 0 Å². The molecular weight excluding hydrogens is 126 g/mol. The molecule has 0 heterocycles. The fraction of sp³-hybridized carbons (Fsp3) is 0.875. The first kappa shape index (κ1) is 9.47. The summed E-state index contributed by atoms with van der Waals surface area (Å²) < 4.78 is 0. The minimum atomic E-state index is 0.354. The second-order valence-electron chi connectivity index (χ2n) is 2.51. The Morgan fingerprint density at radius 3 is 2.40 bits per heavy atom. The summed E-state index contributed by atoms with van der Waals surface area (Å²) in [6.07, 6.45) is 4.12. The summed E-state index contributed by atoms with van der Waals surface area (Å²) in [6, 6.07) is 0.354. The zero-order valence-corrected chi connectivity index (χ0v) is 7.05. The lowest BCUT2D eigenvalue weighted by molar-refractivity contribution is 0.306. The Balaban J connectivity index is 3.63. The zero-order valence-electron chi connectivity index (χ0n) is 7.05. The topological polar surface area (TPSA) is 20.3 Å². The predicted octanol–water partition coefficient (Wildman–Crippen LogP) is 1.56. The van der Waals surface area contributed by atoms with Crippen LogP contribution in [0.3, 0.4) is 0 Å². The van der Waals surface area contributed by atoms with E-state index in [0.717, 1.165) is 19.4 Å². The summed E-state index contributed by atoms with van der Waals surface area (Å²) in [4.78, 5) is 12.0.